The fourth-order valence-electron chi connectivity index (χ4n) is 1.02. The third-order valence-electron chi connectivity index (χ3n) is 1.82. The molecule has 1 rings (SSSR count). The van der Waals surface area contributed by atoms with Gasteiger partial charge in [0.05, 0.1) is 0 Å². The molecule has 0 amide bonds. The molecule has 0 aliphatic heterocycles. The van der Waals surface area contributed by atoms with Crippen molar-refractivity contribution in [1.82, 2.24) is 14.8 Å². The van der Waals surface area contributed by atoms with Crippen LogP contribution in [0, 0.1) is 0 Å². The van der Waals surface area contributed by atoms with Crippen molar-refractivity contribution in [2.75, 3.05) is 6.54 Å². The van der Waals surface area contributed by atoms with Gasteiger partial charge in [0, 0.05) is 6.54 Å². The van der Waals surface area contributed by atoms with E-state index >= 15 is 0 Å². The summed E-state index contributed by atoms with van der Waals surface area (Å²) in [6, 6.07) is -2.23. The summed E-state index contributed by atoms with van der Waals surface area (Å²) in [5, 5.41) is 6.29. The summed E-state index contributed by atoms with van der Waals surface area (Å²) in [5.74, 6) is -4.91. The number of hydrogen-bond donors (Lipinski definition) is 1. The molecule has 4 nitrogen and oxygen atoms in total. The van der Waals surface area contributed by atoms with E-state index in [-0.39, 0.29) is 0 Å². The van der Waals surface area contributed by atoms with Crippen molar-refractivity contribution in [3.63, 3.8) is 0 Å². The van der Waals surface area contributed by atoms with Crippen molar-refractivity contribution in [2.24, 2.45) is 5.73 Å². The fourth-order valence-corrected chi connectivity index (χ4v) is 1.02. The van der Waals surface area contributed by atoms with Gasteiger partial charge in [-0.15, -0.1) is 10.2 Å². The molecule has 15 heavy (non-hydrogen) atoms. The van der Waals surface area contributed by atoms with Crippen LogP contribution in [-0.2, 0) is 0 Å². The highest BCUT2D eigenvalue weighted by atomic mass is 19.4. The highest BCUT2D eigenvalue weighted by Gasteiger charge is 2.62. The molecule has 9 heteroatoms. The Hall–Kier alpha value is -1.25. The average Bonchev–Trinajstić information content (AvgIpc) is 2.55. The Morgan fingerprint density at radius 3 is 1.93 bits per heavy atom. The van der Waals surface area contributed by atoms with Crippen molar-refractivity contribution < 1.29 is 22.0 Å². The van der Waals surface area contributed by atoms with Gasteiger partial charge in [0.25, 0.3) is 0 Å². The van der Waals surface area contributed by atoms with Gasteiger partial charge in [0.15, 0.2) is 0 Å². The molecule has 0 aliphatic carbocycles. The van der Waals surface area contributed by atoms with Crippen LogP contribution in [0.3, 0.4) is 0 Å². The lowest BCUT2D eigenvalue weighted by atomic mass is 10.1. The second-order valence-electron chi connectivity index (χ2n) is 2.78. The van der Waals surface area contributed by atoms with Crippen LogP contribution in [0.2, 0.25) is 0 Å². The minimum absolute atomic E-state index is 0.535. The molecule has 0 spiro atoms. The molecule has 0 saturated heterocycles. The van der Waals surface area contributed by atoms with Crippen LogP contribution >= 0.6 is 0 Å². The summed E-state index contributed by atoms with van der Waals surface area (Å²) in [5.41, 5.74) is 4.89. The smallest absolute Gasteiger partial charge is 0.328 e. The lowest BCUT2D eigenvalue weighted by Gasteiger charge is -2.27. The quantitative estimate of drug-likeness (QED) is 0.787. The van der Waals surface area contributed by atoms with Crippen LogP contribution in [0.25, 0.3) is 0 Å². The van der Waals surface area contributed by atoms with Gasteiger partial charge in [-0.3, -0.25) is 0 Å². The van der Waals surface area contributed by atoms with E-state index in [9.17, 15) is 22.0 Å². The Kier molecular flexibility index (Phi) is 2.93. The maximum Gasteiger partial charge on any atom is 0.455 e. The maximum atomic E-state index is 12.9. The van der Waals surface area contributed by atoms with Gasteiger partial charge in [-0.25, -0.2) is 0 Å². The predicted molar refractivity (Wildman–Crippen MR) is 39.1 cm³/mol. The molecule has 0 bridgehead atoms. The number of halogens is 5. The zero-order valence-electron chi connectivity index (χ0n) is 7.25. The highest BCUT2D eigenvalue weighted by Crippen LogP contribution is 2.42. The third-order valence-corrected chi connectivity index (χ3v) is 1.82. The van der Waals surface area contributed by atoms with E-state index in [4.69, 9.17) is 5.73 Å². The fraction of sp³-hybridized carbons (Fsp3) is 0.667. The van der Waals surface area contributed by atoms with Crippen LogP contribution in [-0.4, -0.2) is 33.4 Å². The Morgan fingerprint density at radius 2 is 1.60 bits per heavy atom. The molecule has 0 saturated carbocycles. The summed E-state index contributed by atoms with van der Waals surface area (Å²) in [6.07, 6.45) is -4.13. The first-order valence-corrected chi connectivity index (χ1v) is 3.79. The number of alkyl halides is 5. The van der Waals surface area contributed by atoms with E-state index in [1.807, 2.05) is 0 Å². The minimum atomic E-state index is -5.65. The van der Waals surface area contributed by atoms with E-state index in [0.717, 1.165) is 12.7 Å². The second-order valence-corrected chi connectivity index (χ2v) is 2.78. The second kappa shape index (κ2) is 3.72. The first-order chi connectivity index (χ1) is 6.80. The van der Waals surface area contributed by atoms with Crippen LogP contribution in [0.5, 0.6) is 0 Å². The molecule has 0 radical (unpaired) electrons. The van der Waals surface area contributed by atoms with E-state index in [0.29, 0.717) is 4.57 Å². The standard InChI is InChI=1S/C6H7F5N4/c7-5(8,6(9,10)11)4(1-12)15-2-13-14-3-15/h2-4H,1,12H2. The normalized spacial score (nSPS) is 15.3. The molecular weight excluding hydrogens is 223 g/mol. The number of aromatic nitrogens is 3. The molecule has 1 aromatic rings. The molecule has 1 atom stereocenters. The number of nitrogens with two attached hydrogens (primary N) is 1. The van der Waals surface area contributed by atoms with Crippen molar-refractivity contribution in [2.45, 2.75) is 18.1 Å². The van der Waals surface area contributed by atoms with Crippen molar-refractivity contribution >= 4 is 0 Å². The Balaban J connectivity index is 3.03. The Morgan fingerprint density at radius 1 is 1.13 bits per heavy atom. The number of nitrogens with zero attached hydrogens (tertiary/aromatic N) is 3. The lowest BCUT2D eigenvalue weighted by Crippen LogP contribution is -2.47. The zero-order chi connectivity index (χ0) is 11.7. The predicted octanol–water partition coefficient (Wildman–Crippen LogP) is 0.975. The van der Waals surface area contributed by atoms with Gasteiger partial charge in [0.2, 0.25) is 0 Å². The topological polar surface area (TPSA) is 56.7 Å². The molecule has 2 N–H and O–H groups in total. The summed E-state index contributed by atoms with van der Waals surface area (Å²) in [6.45, 7) is -0.870. The van der Waals surface area contributed by atoms with Crippen LogP contribution in [0.1, 0.15) is 6.04 Å². The number of hydrogen-bond acceptors (Lipinski definition) is 3. The van der Waals surface area contributed by atoms with Gasteiger partial charge in [-0.2, -0.15) is 22.0 Å². The largest absolute Gasteiger partial charge is 0.455 e. The van der Waals surface area contributed by atoms with Crippen LogP contribution in [0.15, 0.2) is 12.7 Å². The minimum Gasteiger partial charge on any atom is -0.328 e. The average molecular weight is 230 g/mol. The van der Waals surface area contributed by atoms with Crippen LogP contribution in [0.4, 0.5) is 22.0 Å². The molecule has 1 heterocycles. The molecule has 1 aromatic heterocycles. The lowest BCUT2D eigenvalue weighted by molar-refractivity contribution is -0.297. The maximum absolute atomic E-state index is 12.9. The zero-order valence-corrected chi connectivity index (χ0v) is 7.25. The SMILES string of the molecule is NCC(n1cnnc1)C(F)(F)C(F)(F)F. The molecule has 1 unspecified atom stereocenters. The van der Waals surface area contributed by atoms with Gasteiger partial charge < -0.3 is 10.3 Å². The van der Waals surface area contributed by atoms with Crippen molar-refractivity contribution in [3.8, 4) is 0 Å². The van der Waals surface area contributed by atoms with E-state index in [2.05, 4.69) is 10.2 Å². The van der Waals surface area contributed by atoms with E-state index in [1.54, 1.807) is 0 Å². The molecule has 86 valence electrons. The van der Waals surface area contributed by atoms with Crippen LogP contribution < -0.4 is 5.73 Å². The molecular formula is C6H7F5N4. The summed E-state index contributed by atoms with van der Waals surface area (Å²) in [7, 11) is 0. The Labute approximate surface area is 80.9 Å². The van der Waals surface area contributed by atoms with Gasteiger partial charge in [0.1, 0.15) is 18.7 Å². The van der Waals surface area contributed by atoms with E-state index in [1.165, 1.54) is 0 Å². The van der Waals surface area contributed by atoms with Gasteiger partial charge in [-0.05, 0) is 0 Å². The highest BCUT2D eigenvalue weighted by molar-refractivity contribution is 4.90. The third kappa shape index (κ3) is 2.06. The monoisotopic (exact) mass is 230 g/mol. The molecule has 0 aromatic carbocycles. The first-order valence-electron chi connectivity index (χ1n) is 3.79. The van der Waals surface area contributed by atoms with Crippen molar-refractivity contribution in [3.05, 3.63) is 12.7 Å². The van der Waals surface area contributed by atoms with E-state index < -0.39 is 24.7 Å². The number of rotatable bonds is 3. The van der Waals surface area contributed by atoms with Crippen molar-refractivity contribution in [1.29, 1.82) is 0 Å². The molecule has 0 fully saturated rings. The van der Waals surface area contributed by atoms with Gasteiger partial charge in [-0.1, -0.05) is 0 Å². The summed E-state index contributed by atoms with van der Waals surface area (Å²) in [4.78, 5) is 0. The first kappa shape index (κ1) is 11.8. The molecule has 0 aliphatic rings. The summed E-state index contributed by atoms with van der Waals surface area (Å²) < 4.78 is 62.3. The van der Waals surface area contributed by atoms with Gasteiger partial charge >= 0.3 is 12.1 Å². The Bertz CT molecular complexity index is 306. The summed E-state index contributed by atoms with van der Waals surface area (Å²) >= 11 is 0.